The largest absolute Gasteiger partial charge is 0.384 e. The molecule has 0 aliphatic carbocycles. The molecule has 17 heavy (non-hydrogen) atoms. The highest BCUT2D eigenvalue weighted by atomic mass is 16.1. The summed E-state index contributed by atoms with van der Waals surface area (Å²) in [7, 11) is 0. The van der Waals surface area contributed by atoms with Crippen molar-refractivity contribution in [2.45, 2.75) is 39.7 Å². The van der Waals surface area contributed by atoms with E-state index in [1.807, 2.05) is 20.8 Å². The molecular weight excluding hydrogens is 214 g/mol. The Bertz CT molecular complexity index is 396. The van der Waals surface area contributed by atoms with Crippen LogP contribution in [0, 0.1) is 5.41 Å². The minimum Gasteiger partial charge on any atom is -0.384 e. The zero-order chi connectivity index (χ0) is 13.1. The zero-order valence-electron chi connectivity index (χ0n) is 10.7. The van der Waals surface area contributed by atoms with Crippen molar-refractivity contribution in [3.8, 4) is 0 Å². The Balaban J connectivity index is 2.56. The molecule has 0 amide bonds. The molecule has 0 bridgehead atoms. The Kier molecular flexibility index (Phi) is 4.23. The summed E-state index contributed by atoms with van der Waals surface area (Å²) in [6.45, 7) is 6.11. The number of pyridine rings is 1. The minimum atomic E-state index is -0.116. The van der Waals surface area contributed by atoms with Crippen LogP contribution in [-0.4, -0.2) is 16.8 Å². The number of nitrogens with two attached hydrogens (primary N) is 2. The number of carbonyl (C=O) groups excluding carboxylic acids is 1. The molecule has 0 fully saturated rings. The molecule has 1 rings (SSSR count). The Morgan fingerprint density at radius 2 is 2.12 bits per heavy atom. The fourth-order valence-electron chi connectivity index (χ4n) is 1.46. The number of nitrogens with zero attached hydrogens (tertiary/aromatic N) is 1. The summed E-state index contributed by atoms with van der Waals surface area (Å²) in [6.07, 6.45) is 2.38. The Hall–Kier alpha value is -1.42. The van der Waals surface area contributed by atoms with Gasteiger partial charge in [-0.25, -0.2) is 4.98 Å². The number of Topliss-reactive ketones (excluding diaryl/α,β-unsaturated/α-hetero) is 1. The summed E-state index contributed by atoms with van der Waals surface area (Å²) < 4.78 is 0. The van der Waals surface area contributed by atoms with Gasteiger partial charge < -0.3 is 11.5 Å². The van der Waals surface area contributed by atoms with Crippen LogP contribution in [0.4, 0.5) is 5.82 Å². The number of hydrogen-bond acceptors (Lipinski definition) is 4. The Morgan fingerprint density at radius 3 is 2.65 bits per heavy atom. The molecule has 1 unspecified atom stereocenters. The van der Waals surface area contributed by atoms with Gasteiger partial charge in [-0.1, -0.05) is 20.8 Å². The van der Waals surface area contributed by atoms with Gasteiger partial charge in [0.1, 0.15) is 11.6 Å². The molecule has 4 nitrogen and oxygen atoms in total. The van der Waals surface area contributed by atoms with E-state index < -0.39 is 0 Å². The molecule has 94 valence electrons. The van der Waals surface area contributed by atoms with Gasteiger partial charge in [0.15, 0.2) is 0 Å². The molecule has 1 aromatic rings. The van der Waals surface area contributed by atoms with Crippen LogP contribution in [0.2, 0.25) is 0 Å². The van der Waals surface area contributed by atoms with Crippen LogP contribution in [-0.2, 0) is 11.2 Å². The number of aromatic nitrogens is 1. The van der Waals surface area contributed by atoms with E-state index in [1.54, 1.807) is 18.3 Å². The van der Waals surface area contributed by atoms with E-state index in [1.165, 1.54) is 0 Å². The summed E-state index contributed by atoms with van der Waals surface area (Å²) in [5, 5.41) is 0. The molecule has 1 atom stereocenters. The molecule has 0 aliphatic heterocycles. The number of ketones is 1. The Labute approximate surface area is 102 Å². The molecule has 1 heterocycles. The van der Waals surface area contributed by atoms with Crippen molar-refractivity contribution in [3.05, 3.63) is 23.9 Å². The van der Waals surface area contributed by atoms with Crippen molar-refractivity contribution in [1.29, 1.82) is 0 Å². The third kappa shape index (κ3) is 4.53. The fourth-order valence-corrected chi connectivity index (χ4v) is 1.46. The summed E-state index contributed by atoms with van der Waals surface area (Å²) in [5.41, 5.74) is 12.4. The van der Waals surface area contributed by atoms with Crippen molar-refractivity contribution < 1.29 is 4.79 Å². The molecule has 1 aromatic heterocycles. The molecule has 4 heteroatoms. The average Bonchev–Trinajstić information content (AvgIpc) is 2.15. The lowest BCUT2D eigenvalue weighted by atomic mass is 9.84. The molecule has 0 aromatic carbocycles. The second kappa shape index (κ2) is 5.27. The Morgan fingerprint density at radius 1 is 1.47 bits per heavy atom. The lowest BCUT2D eigenvalue weighted by molar-refractivity contribution is -0.119. The van der Waals surface area contributed by atoms with Crippen LogP contribution in [0.15, 0.2) is 18.3 Å². The lowest BCUT2D eigenvalue weighted by Gasteiger charge is -2.26. The first-order chi connectivity index (χ1) is 7.79. The maximum absolute atomic E-state index is 11.8. The summed E-state index contributed by atoms with van der Waals surface area (Å²) >= 11 is 0. The van der Waals surface area contributed by atoms with Crippen molar-refractivity contribution in [3.63, 3.8) is 0 Å². The van der Waals surface area contributed by atoms with Gasteiger partial charge in [-0.2, -0.15) is 0 Å². The van der Waals surface area contributed by atoms with E-state index in [-0.39, 0.29) is 17.2 Å². The lowest BCUT2D eigenvalue weighted by Crippen LogP contribution is -2.37. The van der Waals surface area contributed by atoms with E-state index in [0.717, 1.165) is 5.56 Å². The highest BCUT2D eigenvalue weighted by Gasteiger charge is 2.23. The van der Waals surface area contributed by atoms with E-state index in [2.05, 4.69) is 4.98 Å². The second-order valence-electron chi connectivity index (χ2n) is 5.48. The number of anilines is 1. The molecule has 0 radical (unpaired) electrons. The van der Waals surface area contributed by atoms with Gasteiger partial charge in [0.25, 0.3) is 0 Å². The molecular formula is C13H21N3O. The molecule has 0 saturated carbocycles. The van der Waals surface area contributed by atoms with Crippen LogP contribution in [0.3, 0.4) is 0 Å². The van der Waals surface area contributed by atoms with Crippen LogP contribution in [0.25, 0.3) is 0 Å². The van der Waals surface area contributed by atoms with E-state index >= 15 is 0 Å². The second-order valence-corrected chi connectivity index (χ2v) is 5.48. The van der Waals surface area contributed by atoms with Crippen molar-refractivity contribution >= 4 is 11.6 Å². The normalized spacial score (nSPS) is 13.4. The topological polar surface area (TPSA) is 82.0 Å². The first kappa shape index (κ1) is 13.6. The summed E-state index contributed by atoms with van der Waals surface area (Å²) in [5.74, 6) is 0.577. The monoisotopic (exact) mass is 235 g/mol. The van der Waals surface area contributed by atoms with Gasteiger partial charge in [0, 0.05) is 25.1 Å². The summed E-state index contributed by atoms with van der Waals surface area (Å²) in [6, 6.07) is 3.41. The number of carbonyl (C=O) groups is 1. The van der Waals surface area contributed by atoms with Gasteiger partial charge in [0.05, 0.1) is 0 Å². The molecule has 0 saturated heterocycles. The number of nitrogen functional groups attached to an aromatic ring is 1. The predicted octanol–water partition coefficient (Wildman–Crippen LogP) is 1.54. The van der Waals surface area contributed by atoms with E-state index in [4.69, 9.17) is 11.5 Å². The number of hydrogen-bond donors (Lipinski definition) is 2. The molecule has 4 N–H and O–H groups in total. The maximum atomic E-state index is 11.8. The number of rotatable bonds is 4. The smallest absolute Gasteiger partial charge is 0.138 e. The van der Waals surface area contributed by atoms with Crippen LogP contribution in [0.1, 0.15) is 32.8 Å². The zero-order valence-corrected chi connectivity index (χ0v) is 10.7. The average molecular weight is 235 g/mol. The molecule has 0 spiro atoms. The molecule has 0 aliphatic rings. The van der Waals surface area contributed by atoms with Crippen LogP contribution < -0.4 is 11.5 Å². The highest BCUT2D eigenvalue weighted by molar-refractivity contribution is 5.81. The van der Waals surface area contributed by atoms with Gasteiger partial charge in [-0.15, -0.1) is 0 Å². The van der Waals surface area contributed by atoms with Crippen LogP contribution in [0.5, 0.6) is 0 Å². The maximum Gasteiger partial charge on any atom is 0.138 e. The van der Waals surface area contributed by atoms with Gasteiger partial charge in [-0.05, 0) is 23.1 Å². The predicted molar refractivity (Wildman–Crippen MR) is 69.4 cm³/mol. The summed E-state index contributed by atoms with van der Waals surface area (Å²) in [4.78, 5) is 15.7. The highest BCUT2D eigenvalue weighted by Crippen LogP contribution is 2.20. The van der Waals surface area contributed by atoms with Gasteiger partial charge >= 0.3 is 0 Å². The van der Waals surface area contributed by atoms with Crippen molar-refractivity contribution in [1.82, 2.24) is 4.98 Å². The quantitative estimate of drug-likeness (QED) is 0.829. The third-order valence-electron chi connectivity index (χ3n) is 2.81. The standard InChI is InChI=1S/C13H21N3O/c1-13(2,3)11(14)8-10(17)6-9-4-5-16-12(15)7-9/h4-5,7,11H,6,8,14H2,1-3H3,(H2,15,16). The van der Waals surface area contributed by atoms with E-state index in [9.17, 15) is 4.79 Å². The van der Waals surface area contributed by atoms with Crippen LogP contribution >= 0.6 is 0 Å². The SMILES string of the molecule is CC(C)(C)C(N)CC(=O)Cc1ccnc(N)c1. The van der Waals surface area contributed by atoms with E-state index in [0.29, 0.717) is 18.7 Å². The third-order valence-corrected chi connectivity index (χ3v) is 2.81. The minimum absolute atomic E-state index is 0.0487. The fraction of sp³-hybridized carbons (Fsp3) is 0.538. The van der Waals surface area contributed by atoms with Gasteiger partial charge in [0.2, 0.25) is 0 Å². The van der Waals surface area contributed by atoms with Crippen molar-refractivity contribution in [2.75, 3.05) is 5.73 Å². The first-order valence-corrected chi connectivity index (χ1v) is 5.76. The first-order valence-electron chi connectivity index (χ1n) is 5.76. The van der Waals surface area contributed by atoms with Gasteiger partial charge in [-0.3, -0.25) is 4.79 Å². The van der Waals surface area contributed by atoms with Crippen molar-refractivity contribution in [2.24, 2.45) is 11.1 Å².